The normalized spacial score (nSPS) is 18.1. The zero-order valence-electron chi connectivity index (χ0n) is 25.3. The second-order valence-electron chi connectivity index (χ2n) is 12.1. The highest BCUT2D eigenvalue weighted by atomic mass is 16.5. The van der Waals surface area contributed by atoms with E-state index in [2.05, 4.69) is 23.2 Å². The summed E-state index contributed by atoms with van der Waals surface area (Å²) in [6, 6.07) is 25.6. The molecule has 1 heterocycles. The van der Waals surface area contributed by atoms with Crippen molar-refractivity contribution >= 4 is 16.8 Å². The van der Waals surface area contributed by atoms with Crippen molar-refractivity contribution in [2.45, 2.75) is 52.4 Å². The molecule has 226 valence electrons. The van der Waals surface area contributed by atoms with E-state index in [9.17, 15) is 15.0 Å². The molecule has 1 fully saturated rings. The monoisotopic (exact) mass is 589 g/mol. The molecular formula is C37H39N3O4. The molecule has 0 amide bonds. The van der Waals surface area contributed by atoms with Crippen molar-refractivity contribution in [3.63, 3.8) is 0 Å². The number of carbonyl (C=O) groups excluding carboxylic acids is 1. The fourth-order valence-electron chi connectivity index (χ4n) is 6.74. The van der Waals surface area contributed by atoms with Gasteiger partial charge in [-0.05, 0) is 91.8 Å². The van der Waals surface area contributed by atoms with Gasteiger partial charge in [0.1, 0.15) is 34.0 Å². The fourth-order valence-corrected chi connectivity index (χ4v) is 6.74. The Morgan fingerprint density at radius 1 is 0.909 bits per heavy atom. The van der Waals surface area contributed by atoms with E-state index in [-0.39, 0.29) is 22.8 Å². The Morgan fingerprint density at radius 3 is 2.32 bits per heavy atom. The van der Waals surface area contributed by atoms with E-state index >= 15 is 0 Å². The van der Waals surface area contributed by atoms with E-state index in [0.29, 0.717) is 41.4 Å². The van der Waals surface area contributed by atoms with Crippen molar-refractivity contribution in [2.75, 3.05) is 6.61 Å². The van der Waals surface area contributed by atoms with Gasteiger partial charge in [0.25, 0.3) is 0 Å². The number of fused-ring (bicyclic) bond motifs is 1. The fraction of sp³-hybridized carbons (Fsp3) is 0.324. The van der Waals surface area contributed by atoms with E-state index < -0.39 is 0 Å². The molecule has 44 heavy (non-hydrogen) atoms. The van der Waals surface area contributed by atoms with E-state index in [1.165, 1.54) is 6.42 Å². The lowest BCUT2D eigenvalue weighted by atomic mass is 9.94. The summed E-state index contributed by atoms with van der Waals surface area (Å²) in [5, 5.41) is 30.9. The summed E-state index contributed by atoms with van der Waals surface area (Å²) >= 11 is 0. The number of aryl methyl sites for hydroxylation is 2. The number of aromatic hydroxyl groups is 2. The van der Waals surface area contributed by atoms with Gasteiger partial charge in [0, 0.05) is 11.6 Å². The van der Waals surface area contributed by atoms with E-state index in [1.54, 1.807) is 35.1 Å². The Kier molecular flexibility index (Phi) is 8.64. The highest BCUT2D eigenvalue weighted by molar-refractivity contribution is 6.10. The van der Waals surface area contributed by atoms with Crippen LogP contribution in [-0.4, -0.2) is 37.6 Å². The molecule has 0 radical (unpaired) electrons. The Morgan fingerprint density at radius 2 is 1.61 bits per heavy atom. The molecule has 0 saturated heterocycles. The van der Waals surface area contributed by atoms with Crippen LogP contribution in [0.5, 0.6) is 17.2 Å². The first-order chi connectivity index (χ1) is 21.4. The summed E-state index contributed by atoms with van der Waals surface area (Å²) in [5.41, 5.74) is 5.03. The molecular weight excluding hydrogens is 550 g/mol. The van der Waals surface area contributed by atoms with Gasteiger partial charge in [-0.1, -0.05) is 68.3 Å². The molecule has 0 bridgehead atoms. The lowest BCUT2D eigenvalue weighted by Gasteiger charge is -2.18. The van der Waals surface area contributed by atoms with Crippen LogP contribution in [0.2, 0.25) is 0 Å². The lowest BCUT2D eigenvalue weighted by molar-refractivity contribution is 0.103. The number of aromatic nitrogens is 3. The predicted molar refractivity (Wildman–Crippen MR) is 172 cm³/mol. The molecule has 1 aliphatic rings. The summed E-state index contributed by atoms with van der Waals surface area (Å²) in [4.78, 5) is 14.3. The van der Waals surface area contributed by atoms with Crippen LogP contribution >= 0.6 is 0 Å². The molecule has 7 nitrogen and oxygen atoms in total. The van der Waals surface area contributed by atoms with Crippen molar-refractivity contribution < 1.29 is 19.7 Å². The van der Waals surface area contributed by atoms with Gasteiger partial charge in [-0.15, -0.1) is 15.0 Å². The van der Waals surface area contributed by atoms with Crippen LogP contribution in [0.4, 0.5) is 0 Å². The van der Waals surface area contributed by atoms with Crippen molar-refractivity contribution in [2.24, 2.45) is 17.8 Å². The molecule has 6 rings (SSSR count). The topological polar surface area (TPSA) is 97.5 Å². The molecule has 1 aromatic heterocycles. The van der Waals surface area contributed by atoms with Crippen LogP contribution in [0, 0.1) is 24.7 Å². The quantitative estimate of drug-likeness (QED) is 0.152. The standard InChI is InChI=1S/C37H39N3O4/c1-3-26-20-25(21-29(26)23-44-30-16-17-31(35(41)22-30)36(42)27-11-5-4-6-12-27)10-9-13-28-18-24(2)19-34(37(28)43)40-38-32-14-7-8-15-33(32)39-40/h4-8,11-12,14-19,22,25-26,29,41,43H,3,9-10,13,20-21,23H2,1-2H3. The molecule has 0 spiro atoms. The highest BCUT2D eigenvalue weighted by Crippen LogP contribution is 2.41. The number of phenolic OH excluding ortho intramolecular Hbond substituents is 2. The van der Waals surface area contributed by atoms with Gasteiger partial charge in [0.05, 0.1) is 12.2 Å². The van der Waals surface area contributed by atoms with Crippen LogP contribution in [0.15, 0.2) is 84.9 Å². The first-order valence-corrected chi connectivity index (χ1v) is 15.6. The van der Waals surface area contributed by atoms with Gasteiger partial charge in [-0.25, -0.2) is 0 Å². The molecule has 3 unspecified atom stereocenters. The number of nitrogens with zero attached hydrogens (tertiary/aromatic N) is 3. The minimum atomic E-state index is -0.207. The number of phenols is 2. The zero-order valence-corrected chi connectivity index (χ0v) is 25.3. The van der Waals surface area contributed by atoms with Crippen LogP contribution < -0.4 is 4.74 Å². The highest BCUT2D eigenvalue weighted by Gasteiger charge is 2.33. The lowest BCUT2D eigenvalue weighted by Crippen LogP contribution is -2.16. The number of hydrogen-bond donors (Lipinski definition) is 2. The molecule has 4 aromatic carbocycles. The van der Waals surface area contributed by atoms with Crippen molar-refractivity contribution in [1.29, 1.82) is 0 Å². The summed E-state index contributed by atoms with van der Waals surface area (Å²) in [6.07, 6.45) is 6.26. The third-order valence-corrected chi connectivity index (χ3v) is 9.05. The second-order valence-corrected chi connectivity index (χ2v) is 12.1. The SMILES string of the molecule is CCC1CC(CCCc2cc(C)cc(-n3nc4ccccc4n3)c2O)CC1COc1ccc(C(=O)c2ccccc2)c(O)c1. The third kappa shape index (κ3) is 6.32. The van der Waals surface area contributed by atoms with Crippen LogP contribution in [-0.2, 0) is 6.42 Å². The maximum atomic E-state index is 12.8. The predicted octanol–water partition coefficient (Wildman–Crippen LogP) is 7.83. The maximum Gasteiger partial charge on any atom is 0.196 e. The Labute approximate surface area is 258 Å². The number of benzene rings is 4. The molecule has 2 N–H and O–H groups in total. The second kappa shape index (κ2) is 12.9. The van der Waals surface area contributed by atoms with E-state index in [1.807, 2.05) is 55.5 Å². The molecule has 7 heteroatoms. The molecule has 3 atom stereocenters. The maximum absolute atomic E-state index is 12.8. The summed E-state index contributed by atoms with van der Waals surface area (Å²) < 4.78 is 6.15. The minimum absolute atomic E-state index is 0.0631. The number of ether oxygens (including phenoxy) is 1. The van der Waals surface area contributed by atoms with Crippen LogP contribution in [0.1, 0.15) is 66.1 Å². The summed E-state index contributed by atoms with van der Waals surface area (Å²) in [6.45, 7) is 4.88. The van der Waals surface area contributed by atoms with Gasteiger partial charge < -0.3 is 14.9 Å². The number of carbonyl (C=O) groups is 1. The molecule has 0 aliphatic heterocycles. The zero-order chi connectivity index (χ0) is 30.6. The van der Waals surface area contributed by atoms with Gasteiger partial charge >= 0.3 is 0 Å². The van der Waals surface area contributed by atoms with Crippen LogP contribution in [0.25, 0.3) is 16.7 Å². The Hall–Kier alpha value is -4.65. The summed E-state index contributed by atoms with van der Waals surface area (Å²) in [7, 11) is 0. The van der Waals surface area contributed by atoms with Crippen LogP contribution in [0.3, 0.4) is 0 Å². The van der Waals surface area contributed by atoms with Crippen molar-refractivity contribution in [1.82, 2.24) is 15.0 Å². The van der Waals surface area contributed by atoms with E-state index in [0.717, 1.165) is 54.3 Å². The average molecular weight is 590 g/mol. The first kappa shape index (κ1) is 29.4. The van der Waals surface area contributed by atoms with Gasteiger partial charge in [0.15, 0.2) is 5.78 Å². The number of ketones is 1. The first-order valence-electron chi connectivity index (χ1n) is 15.6. The van der Waals surface area contributed by atoms with Crippen molar-refractivity contribution in [3.05, 3.63) is 107 Å². The van der Waals surface area contributed by atoms with Gasteiger partial charge in [-0.2, -0.15) is 0 Å². The smallest absolute Gasteiger partial charge is 0.196 e. The molecule has 1 saturated carbocycles. The van der Waals surface area contributed by atoms with E-state index in [4.69, 9.17) is 4.74 Å². The summed E-state index contributed by atoms with van der Waals surface area (Å²) in [5.74, 6) is 2.20. The number of hydrogen-bond acceptors (Lipinski definition) is 6. The third-order valence-electron chi connectivity index (χ3n) is 9.05. The minimum Gasteiger partial charge on any atom is -0.507 e. The van der Waals surface area contributed by atoms with Gasteiger partial charge in [0.2, 0.25) is 0 Å². The largest absolute Gasteiger partial charge is 0.507 e. The average Bonchev–Trinajstić information content (AvgIpc) is 3.65. The molecule has 5 aromatic rings. The van der Waals surface area contributed by atoms with Crippen molar-refractivity contribution in [3.8, 4) is 22.9 Å². The number of rotatable bonds is 11. The Bertz CT molecular complexity index is 1730. The Balaban J connectivity index is 1.04. The molecule has 1 aliphatic carbocycles. The van der Waals surface area contributed by atoms with Gasteiger partial charge in [-0.3, -0.25) is 4.79 Å².